The van der Waals surface area contributed by atoms with E-state index in [2.05, 4.69) is 13.8 Å². The molecular formula is C20H35F3. The smallest absolute Gasteiger partial charge is 0.131 e. The fraction of sp³-hybridized carbons (Fsp3) is 1.00. The summed E-state index contributed by atoms with van der Waals surface area (Å²) in [6.45, 7) is 4.54. The van der Waals surface area contributed by atoms with E-state index in [4.69, 9.17) is 0 Å². The van der Waals surface area contributed by atoms with Crippen LogP contribution in [0.2, 0.25) is 0 Å². The zero-order valence-electron chi connectivity index (χ0n) is 15.0. The first-order valence-electron chi connectivity index (χ1n) is 9.93. The quantitative estimate of drug-likeness (QED) is 0.479. The highest BCUT2D eigenvalue weighted by atomic mass is 19.2. The average molecular weight is 332 g/mol. The number of hydrogen-bond donors (Lipinski definition) is 0. The molecule has 0 radical (unpaired) electrons. The standard InChI is InChI=1S/C20H35F3/c1-3-5-14(2)6-4-7-15-8-10-17(19(22)12-15)16-9-11-18(21)20(23)13-16/h14-20H,3-13H2,1-2H3. The van der Waals surface area contributed by atoms with Crippen LogP contribution >= 0.6 is 0 Å². The molecule has 2 saturated carbocycles. The van der Waals surface area contributed by atoms with Crippen molar-refractivity contribution >= 4 is 0 Å². The number of hydrogen-bond acceptors (Lipinski definition) is 0. The van der Waals surface area contributed by atoms with Crippen molar-refractivity contribution < 1.29 is 13.2 Å². The molecule has 7 atom stereocenters. The highest BCUT2D eigenvalue weighted by Crippen LogP contribution is 2.43. The minimum Gasteiger partial charge on any atom is -0.247 e. The Morgan fingerprint density at radius 1 is 0.870 bits per heavy atom. The summed E-state index contributed by atoms with van der Waals surface area (Å²) in [5.74, 6) is 1.34. The molecule has 0 aliphatic heterocycles. The predicted molar refractivity (Wildman–Crippen MR) is 90.8 cm³/mol. The molecule has 0 spiro atoms. The maximum absolute atomic E-state index is 14.6. The average Bonchev–Trinajstić information content (AvgIpc) is 2.51. The molecule has 3 heteroatoms. The van der Waals surface area contributed by atoms with Gasteiger partial charge in [0, 0.05) is 0 Å². The molecule has 0 amide bonds. The van der Waals surface area contributed by atoms with E-state index in [0.29, 0.717) is 18.8 Å². The van der Waals surface area contributed by atoms with Crippen LogP contribution in [0.5, 0.6) is 0 Å². The Hall–Kier alpha value is -0.210. The van der Waals surface area contributed by atoms with Gasteiger partial charge in [-0.1, -0.05) is 46.0 Å². The maximum atomic E-state index is 14.6. The number of alkyl halides is 3. The van der Waals surface area contributed by atoms with Gasteiger partial charge in [0.1, 0.15) is 18.5 Å². The van der Waals surface area contributed by atoms with Crippen molar-refractivity contribution in [2.24, 2.45) is 23.7 Å². The monoisotopic (exact) mass is 332 g/mol. The van der Waals surface area contributed by atoms with Gasteiger partial charge in [-0.15, -0.1) is 0 Å². The third-order valence-electron chi connectivity index (χ3n) is 6.36. The predicted octanol–water partition coefficient (Wildman–Crippen LogP) is 6.82. The third-order valence-corrected chi connectivity index (χ3v) is 6.36. The summed E-state index contributed by atoms with van der Waals surface area (Å²) in [5.41, 5.74) is 0. The Balaban J connectivity index is 1.70. The van der Waals surface area contributed by atoms with E-state index in [1.54, 1.807) is 0 Å². The molecule has 0 aromatic rings. The molecule has 0 bridgehead atoms. The van der Waals surface area contributed by atoms with E-state index >= 15 is 0 Å². The first-order valence-corrected chi connectivity index (χ1v) is 9.93. The molecule has 0 N–H and O–H groups in total. The SMILES string of the molecule is CCCC(C)CCCC1CCC(C2CCC(F)C(F)C2)C(F)C1. The summed E-state index contributed by atoms with van der Waals surface area (Å²) in [6.07, 6.45) is 6.49. The van der Waals surface area contributed by atoms with Crippen molar-refractivity contribution in [2.45, 2.75) is 103 Å². The second-order valence-corrected chi connectivity index (χ2v) is 8.29. The van der Waals surface area contributed by atoms with Crippen molar-refractivity contribution in [1.82, 2.24) is 0 Å². The number of rotatable bonds is 7. The molecule has 2 fully saturated rings. The Morgan fingerprint density at radius 2 is 1.65 bits per heavy atom. The van der Waals surface area contributed by atoms with Crippen LogP contribution in [0.3, 0.4) is 0 Å². The summed E-state index contributed by atoms with van der Waals surface area (Å²) in [4.78, 5) is 0. The Morgan fingerprint density at radius 3 is 2.30 bits per heavy atom. The molecule has 0 heterocycles. The molecular weight excluding hydrogens is 297 g/mol. The minimum atomic E-state index is -1.36. The first kappa shape index (κ1) is 19.1. The normalized spacial score (nSPS) is 40.0. The molecule has 2 aliphatic carbocycles. The van der Waals surface area contributed by atoms with Gasteiger partial charge in [0.15, 0.2) is 0 Å². The van der Waals surface area contributed by atoms with Crippen LogP contribution in [0.1, 0.15) is 84.5 Å². The van der Waals surface area contributed by atoms with Crippen LogP contribution in [-0.4, -0.2) is 18.5 Å². The summed E-state index contributed by atoms with van der Waals surface area (Å²) >= 11 is 0. The van der Waals surface area contributed by atoms with Crippen LogP contribution in [0.15, 0.2) is 0 Å². The lowest BCUT2D eigenvalue weighted by molar-refractivity contribution is 0.0178. The van der Waals surface area contributed by atoms with Gasteiger partial charge in [0.05, 0.1) is 0 Å². The van der Waals surface area contributed by atoms with Crippen molar-refractivity contribution in [3.05, 3.63) is 0 Å². The second kappa shape index (κ2) is 9.32. The maximum Gasteiger partial charge on any atom is 0.131 e. The molecule has 7 unspecified atom stereocenters. The van der Waals surface area contributed by atoms with Crippen LogP contribution < -0.4 is 0 Å². The summed E-state index contributed by atoms with van der Waals surface area (Å²) in [5, 5.41) is 0. The lowest BCUT2D eigenvalue weighted by Gasteiger charge is -2.39. The van der Waals surface area contributed by atoms with Gasteiger partial charge in [-0.2, -0.15) is 0 Å². The topological polar surface area (TPSA) is 0 Å². The molecule has 0 nitrogen and oxygen atoms in total. The fourth-order valence-corrected chi connectivity index (χ4v) is 4.90. The van der Waals surface area contributed by atoms with Gasteiger partial charge in [-0.05, 0) is 62.2 Å². The lowest BCUT2D eigenvalue weighted by atomic mass is 9.68. The van der Waals surface area contributed by atoms with Crippen molar-refractivity contribution in [3.8, 4) is 0 Å². The highest BCUT2D eigenvalue weighted by Gasteiger charge is 2.40. The minimum absolute atomic E-state index is 0.0176. The Labute approximate surface area is 140 Å². The van der Waals surface area contributed by atoms with E-state index in [-0.39, 0.29) is 24.7 Å². The van der Waals surface area contributed by atoms with Crippen molar-refractivity contribution in [1.29, 1.82) is 0 Å². The van der Waals surface area contributed by atoms with E-state index < -0.39 is 18.5 Å². The van der Waals surface area contributed by atoms with E-state index in [9.17, 15) is 13.2 Å². The van der Waals surface area contributed by atoms with Crippen LogP contribution in [0.25, 0.3) is 0 Å². The van der Waals surface area contributed by atoms with E-state index in [0.717, 1.165) is 25.2 Å². The summed E-state index contributed by atoms with van der Waals surface area (Å²) in [6, 6.07) is 0. The molecule has 136 valence electrons. The van der Waals surface area contributed by atoms with Crippen molar-refractivity contribution in [2.75, 3.05) is 0 Å². The Bertz CT molecular complexity index is 333. The highest BCUT2D eigenvalue weighted by molar-refractivity contribution is 4.89. The van der Waals surface area contributed by atoms with Gasteiger partial charge >= 0.3 is 0 Å². The van der Waals surface area contributed by atoms with E-state index in [1.807, 2.05) is 0 Å². The van der Waals surface area contributed by atoms with Crippen LogP contribution in [0.4, 0.5) is 13.2 Å². The molecule has 0 aromatic carbocycles. The second-order valence-electron chi connectivity index (χ2n) is 8.29. The third kappa shape index (κ3) is 5.67. The molecule has 2 rings (SSSR count). The van der Waals surface area contributed by atoms with Gasteiger partial charge in [0.25, 0.3) is 0 Å². The van der Waals surface area contributed by atoms with Gasteiger partial charge in [-0.25, -0.2) is 13.2 Å². The van der Waals surface area contributed by atoms with Gasteiger partial charge in [-0.3, -0.25) is 0 Å². The molecule has 0 aromatic heterocycles. The summed E-state index contributed by atoms with van der Waals surface area (Å²) < 4.78 is 41.5. The number of halogens is 3. The summed E-state index contributed by atoms with van der Waals surface area (Å²) in [7, 11) is 0. The van der Waals surface area contributed by atoms with Crippen LogP contribution in [-0.2, 0) is 0 Å². The fourth-order valence-electron chi connectivity index (χ4n) is 4.90. The molecule has 0 saturated heterocycles. The zero-order chi connectivity index (χ0) is 16.8. The first-order chi connectivity index (χ1) is 11.0. The zero-order valence-corrected chi connectivity index (χ0v) is 15.0. The van der Waals surface area contributed by atoms with Gasteiger partial charge < -0.3 is 0 Å². The largest absolute Gasteiger partial charge is 0.247 e. The molecule has 2 aliphatic rings. The van der Waals surface area contributed by atoms with Crippen LogP contribution in [0, 0.1) is 23.7 Å². The molecule has 23 heavy (non-hydrogen) atoms. The van der Waals surface area contributed by atoms with Gasteiger partial charge in [0.2, 0.25) is 0 Å². The van der Waals surface area contributed by atoms with Crippen molar-refractivity contribution in [3.63, 3.8) is 0 Å². The van der Waals surface area contributed by atoms with E-state index in [1.165, 1.54) is 25.7 Å². The Kier molecular flexibility index (Phi) is 7.75. The lowest BCUT2D eigenvalue weighted by Crippen LogP contribution is -2.37.